The lowest BCUT2D eigenvalue weighted by atomic mass is 9.83. The predicted molar refractivity (Wildman–Crippen MR) is 73.4 cm³/mol. The molecule has 1 atom stereocenters. The first-order valence-electron chi connectivity index (χ1n) is 6.59. The van der Waals surface area contributed by atoms with Crippen LogP contribution < -0.4 is 5.32 Å². The van der Waals surface area contributed by atoms with Crippen molar-refractivity contribution in [2.45, 2.75) is 45.1 Å². The average Bonchev–Trinajstić information content (AvgIpc) is 2.38. The molecule has 1 unspecified atom stereocenters. The van der Waals surface area contributed by atoms with E-state index >= 15 is 0 Å². The Kier molecular flexibility index (Phi) is 5.48. The number of halogens is 1. The number of aliphatic hydroxyl groups is 1. The number of hydrogen-bond acceptors (Lipinski definition) is 2. The van der Waals surface area contributed by atoms with E-state index in [1.54, 1.807) is 26.0 Å². The maximum atomic E-state index is 12.9. The molecular weight excluding hydrogens is 245 g/mol. The summed E-state index contributed by atoms with van der Waals surface area (Å²) in [7, 11) is 0. The normalized spacial score (nSPS) is 13.1. The smallest absolute Gasteiger partial charge is 0.230 e. The molecule has 1 rings (SSSR count). The number of carbonyl (C=O) groups is 1. The summed E-state index contributed by atoms with van der Waals surface area (Å²) in [6.07, 6.45) is 1.31. The van der Waals surface area contributed by atoms with Gasteiger partial charge in [0.1, 0.15) is 5.82 Å². The van der Waals surface area contributed by atoms with Crippen molar-refractivity contribution in [1.82, 2.24) is 5.32 Å². The van der Waals surface area contributed by atoms with E-state index in [-0.39, 0.29) is 24.4 Å². The molecule has 19 heavy (non-hydrogen) atoms. The Labute approximate surface area is 113 Å². The second-order valence-electron chi connectivity index (χ2n) is 5.22. The number of benzene rings is 1. The summed E-state index contributed by atoms with van der Waals surface area (Å²) in [5, 5.41) is 11.9. The van der Waals surface area contributed by atoms with Crippen LogP contribution in [0.3, 0.4) is 0 Å². The highest BCUT2D eigenvalue weighted by molar-refractivity contribution is 5.87. The molecule has 0 aliphatic carbocycles. The molecule has 0 bridgehead atoms. The molecule has 0 aliphatic heterocycles. The molecule has 0 fully saturated rings. The molecule has 4 heteroatoms. The molecule has 1 aromatic rings. The van der Waals surface area contributed by atoms with Gasteiger partial charge in [-0.2, -0.15) is 0 Å². The maximum absolute atomic E-state index is 12.9. The van der Waals surface area contributed by atoms with Crippen LogP contribution in [0.25, 0.3) is 0 Å². The number of hydrogen-bond donors (Lipinski definition) is 2. The van der Waals surface area contributed by atoms with Crippen molar-refractivity contribution < 1.29 is 14.3 Å². The van der Waals surface area contributed by atoms with Gasteiger partial charge < -0.3 is 10.4 Å². The third-order valence-corrected chi connectivity index (χ3v) is 3.44. The highest BCUT2D eigenvalue weighted by Crippen LogP contribution is 2.24. The summed E-state index contributed by atoms with van der Waals surface area (Å²) < 4.78 is 12.9. The number of aliphatic hydroxyl groups excluding tert-OH is 1. The largest absolute Gasteiger partial charge is 0.396 e. The molecule has 0 saturated carbocycles. The zero-order valence-corrected chi connectivity index (χ0v) is 11.7. The molecule has 0 heterocycles. The standard InChI is InChI=1S/C15H22FNO2/c1-4-13(9-10-18)17-14(19)15(2,3)11-5-7-12(16)8-6-11/h5-8,13,18H,4,9-10H2,1-3H3,(H,17,19). The monoisotopic (exact) mass is 267 g/mol. The molecule has 0 aromatic heterocycles. The van der Waals surface area contributed by atoms with Gasteiger partial charge in [-0.3, -0.25) is 4.79 Å². The fourth-order valence-corrected chi connectivity index (χ4v) is 1.90. The minimum atomic E-state index is -0.726. The van der Waals surface area contributed by atoms with Crippen LogP contribution in [0, 0.1) is 5.82 Å². The summed E-state index contributed by atoms with van der Waals surface area (Å²) in [5.74, 6) is -0.425. The van der Waals surface area contributed by atoms with Gasteiger partial charge in [0.25, 0.3) is 0 Å². The van der Waals surface area contributed by atoms with Crippen LogP contribution in [0.4, 0.5) is 4.39 Å². The third kappa shape index (κ3) is 4.03. The molecule has 0 saturated heterocycles. The molecule has 3 nitrogen and oxygen atoms in total. The quantitative estimate of drug-likeness (QED) is 0.831. The van der Waals surface area contributed by atoms with Gasteiger partial charge in [0.15, 0.2) is 0 Å². The Morgan fingerprint density at radius 2 is 1.95 bits per heavy atom. The summed E-state index contributed by atoms with van der Waals surface area (Å²) in [5.41, 5.74) is 0.0431. The van der Waals surface area contributed by atoms with Crippen molar-refractivity contribution in [1.29, 1.82) is 0 Å². The van der Waals surface area contributed by atoms with Gasteiger partial charge in [-0.15, -0.1) is 0 Å². The van der Waals surface area contributed by atoms with Crippen molar-refractivity contribution in [2.75, 3.05) is 6.61 Å². The van der Waals surface area contributed by atoms with Crippen molar-refractivity contribution in [3.05, 3.63) is 35.6 Å². The van der Waals surface area contributed by atoms with Crippen molar-refractivity contribution in [3.63, 3.8) is 0 Å². The third-order valence-electron chi connectivity index (χ3n) is 3.44. The van der Waals surface area contributed by atoms with Crippen LogP contribution in [0.5, 0.6) is 0 Å². The van der Waals surface area contributed by atoms with Crippen molar-refractivity contribution in [3.8, 4) is 0 Å². The first-order chi connectivity index (χ1) is 8.91. The highest BCUT2D eigenvalue weighted by atomic mass is 19.1. The van der Waals surface area contributed by atoms with Gasteiger partial charge in [0.2, 0.25) is 5.91 Å². The Morgan fingerprint density at radius 3 is 2.42 bits per heavy atom. The second kappa shape index (κ2) is 6.66. The van der Waals surface area contributed by atoms with E-state index in [0.717, 1.165) is 12.0 Å². The highest BCUT2D eigenvalue weighted by Gasteiger charge is 2.30. The minimum Gasteiger partial charge on any atom is -0.396 e. The second-order valence-corrected chi connectivity index (χ2v) is 5.22. The van der Waals surface area contributed by atoms with Crippen LogP contribution in [0.1, 0.15) is 39.2 Å². The van der Waals surface area contributed by atoms with E-state index in [0.29, 0.717) is 6.42 Å². The van der Waals surface area contributed by atoms with E-state index in [9.17, 15) is 9.18 Å². The van der Waals surface area contributed by atoms with Crippen molar-refractivity contribution >= 4 is 5.91 Å². The lowest BCUT2D eigenvalue weighted by Crippen LogP contribution is -2.45. The van der Waals surface area contributed by atoms with Gasteiger partial charge >= 0.3 is 0 Å². The van der Waals surface area contributed by atoms with Gasteiger partial charge in [-0.1, -0.05) is 19.1 Å². The molecular formula is C15H22FNO2. The maximum Gasteiger partial charge on any atom is 0.230 e. The average molecular weight is 267 g/mol. The molecule has 0 spiro atoms. The first kappa shape index (κ1) is 15.6. The van der Waals surface area contributed by atoms with Crippen LogP contribution in [0.2, 0.25) is 0 Å². The van der Waals surface area contributed by atoms with Gasteiger partial charge in [-0.05, 0) is 44.4 Å². The topological polar surface area (TPSA) is 49.3 Å². The lowest BCUT2D eigenvalue weighted by molar-refractivity contribution is -0.126. The van der Waals surface area contributed by atoms with Gasteiger partial charge in [0, 0.05) is 12.6 Å². The number of carbonyl (C=O) groups excluding carboxylic acids is 1. The van der Waals surface area contributed by atoms with E-state index in [4.69, 9.17) is 5.11 Å². The SMILES string of the molecule is CCC(CCO)NC(=O)C(C)(C)c1ccc(F)cc1. The number of amides is 1. The summed E-state index contributed by atoms with van der Waals surface area (Å²) in [6.45, 7) is 5.63. The fourth-order valence-electron chi connectivity index (χ4n) is 1.90. The van der Waals surface area contributed by atoms with Gasteiger partial charge in [0.05, 0.1) is 5.41 Å². The summed E-state index contributed by atoms with van der Waals surface area (Å²) in [4.78, 5) is 12.3. The number of nitrogens with one attached hydrogen (secondary N) is 1. The Morgan fingerprint density at radius 1 is 1.37 bits per heavy atom. The Bertz CT molecular complexity index is 415. The van der Waals surface area contributed by atoms with Gasteiger partial charge in [-0.25, -0.2) is 4.39 Å². The van der Waals surface area contributed by atoms with Crippen LogP contribution in [-0.2, 0) is 10.2 Å². The van der Waals surface area contributed by atoms with Crippen LogP contribution >= 0.6 is 0 Å². The number of rotatable bonds is 6. The summed E-state index contributed by atoms with van der Waals surface area (Å²) >= 11 is 0. The van der Waals surface area contributed by atoms with E-state index in [1.807, 2.05) is 6.92 Å². The van der Waals surface area contributed by atoms with Crippen LogP contribution in [-0.4, -0.2) is 23.7 Å². The predicted octanol–water partition coefficient (Wildman–Crippen LogP) is 2.38. The van der Waals surface area contributed by atoms with E-state index in [2.05, 4.69) is 5.32 Å². The molecule has 106 valence electrons. The fraction of sp³-hybridized carbons (Fsp3) is 0.533. The first-order valence-corrected chi connectivity index (χ1v) is 6.59. The molecule has 0 aliphatic rings. The van der Waals surface area contributed by atoms with E-state index in [1.165, 1.54) is 12.1 Å². The lowest BCUT2D eigenvalue weighted by Gasteiger charge is -2.27. The van der Waals surface area contributed by atoms with Crippen molar-refractivity contribution in [2.24, 2.45) is 0 Å². The van der Waals surface area contributed by atoms with Crippen LogP contribution in [0.15, 0.2) is 24.3 Å². The Balaban J connectivity index is 2.81. The molecule has 1 amide bonds. The summed E-state index contributed by atoms with van der Waals surface area (Å²) in [6, 6.07) is 5.94. The zero-order chi connectivity index (χ0) is 14.5. The molecule has 2 N–H and O–H groups in total. The molecule has 1 aromatic carbocycles. The Hall–Kier alpha value is -1.42. The zero-order valence-electron chi connectivity index (χ0n) is 11.7. The van der Waals surface area contributed by atoms with E-state index < -0.39 is 5.41 Å². The minimum absolute atomic E-state index is 0.0303. The molecule has 0 radical (unpaired) electrons.